The van der Waals surface area contributed by atoms with Gasteiger partial charge >= 0.3 is 0 Å². The van der Waals surface area contributed by atoms with Crippen molar-refractivity contribution in [3.8, 4) is 0 Å². The molecule has 94 valence electrons. The van der Waals surface area contributed by atoms with E-state index in [-0.39, 0.29) is 11.6 Å². The van der Waals surface area contributed by atoms with Crippen molar-refractivity contribution in [2.75, 3.05) is 17.2 Å². The summed E-state index contributed by atoms with van der Waals surface area (Å²) < 4.78 is 0.853. The zero-order valence-corrected chi connectivity index (χ0v) is 11.9. The van der Waals surface area contributed by atoms with E-state index >= 15 is 0 Å². The third-order valence-corrected chi connectivity index (χ3v) is 3.34. The van der Waals surface area contributed by atoms with Crippen LogP contribution in [-0.4, -0.2) is 27.6 Å². The molecule has 0 bridgehead atoms. The van der Waals surface area contributed by atoms with Crippen molar-refractivity contribution < 1.29 is 4.79 Å². The molecule has 0 aliphatic rings. The molecule has 8 heteroatoms. The smallest absolute Gasteiger partial charge is 0.277 e. The minimum atomic E-state index is -0.326. The van der Waals surface area contributed by atoms with Gasteiger partial charge in [0.1, 0.15) is 5.82 Å². The average Bonchev–Trinajstić information content (AvgIpc) is 2.76. The zero-order valence-electron chi connectivity index (χ0n) is 9.48. The molecule has 2 heterocycles. The summed E-state index contributed by atoms with van der Waals surface area (Å²) in [4.78, 5) is 15.8. The Labute approximate surface area is 116 Å². The number of nitrogens with one attached hydrogen (secondary N) is 2. The Morgan fingerprint density at radius 2 is 2.28 bits per heavy atom. The normalized spacial score (nSPS) is 10.1. The number of thiazole rings is 1. The van der Waals surface area contributed by atoms with Crippen molar-refractivity contribution in [3.63, 3.8) is 0 Å². The van der Waals surface area contributed by atoms with E-state index in [9.17, 15) is 4.79 Å². The van der Waals surface area contributed by atoms with Gasteiger partial charge in [-0.05, 0) is 35.0 Å². The van der Waals surface area contributed by atoms with Crippen molar-refractivity contribution in [2.24, 2.45) is 0 Å². The van der Waals surface area contributed by atoms with Crippen LogP contribution in [0.1, 0.15) is 17.4 Å². The summed E-state index contributed by atoms with van der Waals surface area (Å²) in [6.45, 7) is 2.72. The maximum absolute atomic E-state index is 11.8. The summed E-state index contributed by atoms with van der Waals surface area (Å²) in [7, 11) is 0. The summed E-state index contributed by atoms with van der Waals surface area (Å²) in [6, 6.07) is 3.33. The van der Waals surface area contributed by atoms with Crippen LogP contribution >= 0.6 is 27.3 Å². The largest absolute Gasteiger partial charge is 0.369 e. The molecular formula is C10H10BrN5OS. The maximum atomic E-state index is 11.8. The predicted molar refractivity (Wildman–Crippen MR) is 74.0 cm³/mol. The van der Waals surface area contributed by atoms with Crippen LogP contribution in [0, 0.1) is 0 Å². The summed E-state index contributed by atoms with van der Waals surface area (Å²) in [6.07, 6.45) is 1.63. The van der Waals surface area contributed by atoms with E-state index < -0.39 is 0 Å². The molecule has 0 unspecified atom stereocenters. The number of carbonyl (C=O) groups is 1. The van der Waals surface area contributed by atoms with Crippen molar-refractivity contribution in [1.82, 2.24) is 15.2 Å². The molecule has 2 N–H and O–H groups in total. The molecule has 2 aromatic rings. The summed E-state index contributed by atoms with van der Waals surface area (Å²) in [5.41, 5.74) is 0.253. The molecule has 0 atom stereocenters. The molecule has 0 saturated heterocycles. The fourth-order valence-corrected chi connectivity index (χ4v) is 2.30. The lowest BCUT2D eigenvalue weighted by Crippen LogP contribution is -2.14. The Balaban J connectivity index is 2.04. The number of rotatable bonds is 4. The van der Waals surface area contributed by atoms with Gasteiger partial charge in [-0.3, -0.25) is 10.1 Å². The highest BCUT2D eigenvalue weighted by molar-refractivity contribution is 9.11. The number of nitrogens with zero attached hydrogens (tertiary/aromatic N) is 3. The third-order valence-electron chi connectivity index (χ3n) is 1.95. The second kappa shape index (κ2) is 5.87. The lowest BCUT2D eigenvalue weighted by Gasteiger charge is -2.02. The first-order valence-electron chi connectivity index (χ1n) is 5.19. The minimum Gasteiger partial charge on any atom is -0.369 e. The van der Waals surface area contributed by atoms with Crippen LogP contribution in [0.4, 0.5) is 10.9 Å². The van der Waals surface area contributed by atoms with Crippen LogP contribution in [0.2, 0.25) is 0 Å². The fraction of sp³-hybridized carbons (Fsp3) is 0.200. The second-order valence-electron chi connectivity index (χ2n) is 3.26. The van der Waals surface area contributed by atoms with Gasteiger partial charge in [0.05, 0.1) is 9.98 Å². The summed E-state index contributed by atoms with van der Waals surface area (Å²) in [5.74, 6) is 0.318. The molecule has 0 fully saturated rings. The first-order valence-corrected chi connectivity index (χ1v) is 6.80. The van der Waals surface area contributed by atoms with Gasteiger partial charge in [0.2, 0.25) is 0 Å². The van der Waals surface area contributed by atoms with E-state index in [0.29, 0.717) is 10.9 Å². The third kappa shape index (κ3) is 3.23. The standard InChI is InChI=1S/C10H10BrN5OS/c1-2-12-8-4-3-6(15-16-8)9(17)14-10-13-5-7(11)18-10/h3-5H,2H2,1H3,(H,12,16)(H,13,14,17). The molecule has 0 aliphatic heterocycles. The van der Waals surface area contributed by atoms with Gasteiger partial charge in [-0.15, -0.1) is 10.2 Å². The van der Waals surface area contributed by atoms with E-state index in [0.717, 1.165) is 10.3 Å². The Bertz CT molecular complexity index is 541. The van der Waals surface area contributed by atoms with E-state index in [1.165, 1.54) is 11.3 Å². The SMILES string of the molecule is CCNc1ccc(C(=O)Nc2ncc(Br)s2)nn1. The highest BCUT2D eigenvalue weighted by Crippen LogP contribution is 2.23. The number of aromatic nitrogens is 3. The van der Waals surface area contributed by atoms with Gasteiger partial charge in [-0.25, -0.2) is 4.98 Å². The first-order chi connectivity index (χ1) is 8.69. The minimum absolute atomic E-state index is 0.253. The van der Waals surface area contributed by atoms with Crippen molar-refractivity contribution in [3.05, 3.63) is 27.8 Å². The van der Waals surface area contributed by atoms with Gasteiger partial charge < -0.3 is 5.32 Å². The fourth-order valence-electron chi connectivity index (χ4n) is 1.20. The summed E-state index contributed by atoms with van der Waals surface area (Å²) >= 11 is 4.61. The quantitative estimate of drug-likeness (QED) is 0.901. The lowest BCUT2D eigenvalue weighted by molar-refractivity contribution is 0.102. The molecular weight excluding hydrogens is 318 g/mol. The van der Waals surface area contributed by atoms with Crippen molar-refractivity contribution in [1.29, 1.82) is 0 Å². The van der Waals surface area contributed by atoms with Gasteiger partial charge in [0.15, 0.2) is 10.8 Å². The lowest BCUT2D eigenvalue weighted by atomic mass is 10.3. The van der Waals surface area contributed by atoms with Crippen molar-refractivity contribution in [2.45, 2.75) is 6.92 Å². The molecule has 1 amide bonds. The van der Waals surface area contributed by atoms with Crippen LogP contribution in [0.3, 0.4) is 0 Å². The first kappa shape index (κ1) is 12.9. The van der Waals surface area contributed by atoms with E-state index in [2.05, 4.69) is 41.7 Å². The average molecular weight is 328 g/mol. The Hall–Kier alpha value is -1.54. The molecule has 0 spiro atoms. The summed E-state index contributed by atoms with van der Waals surface area (Å²) in [5, 5.41) is 13.9. The molecule has 18 heavy (non-hydrogen) atoms. The molecule has 0 radical (unpaired) electrons. The number of carbonyl (C=O) groups excluding carboxylic acids is 1. The van der Waals surface area contributed by atoms with Gasteiger partial charge in [-0.1, -0.05) is 11.3 Å². The number of hydrogen-bond acceptors (Lipinski definition) is 6. The Morgan fingerprint density at radius 3 is 2.83 bits per heavy atom. The van der Waals surface area contributed by atoms with Gasteiger partial charge in [0, 0.05) is 6.54 Å². The second-order valence-corrected chi connectivity index (χ2v) is 5.67. The van der Waals surface area contributed by atoms with E-state index in [1.807, 2.05) is 6.92 Å². The molecule has 0 aliphatic carbocycles. The predicted octanol–water partition coefficient (Wildman–Crippen LogP) is 2.38. The Kier molecular flexibility index (Phi) is 4.21. The van der Waals surface area contributed by atoms with Crippen LogP contribution in [0.25, 0.3) is 0 Å². The van der Waals surface area contributed by atoms with Crippen LogP contribution < -0.4 is 10.6 Å². The number of halogens is 1. The van der Waals surface area contributed by atoms with Crippen LogP contribution in [0.5, 0.6) is 0 Å². The zero-order chi connectivity index (χ0) is 13.0. The number of anilines is 2. The van der Waals surface area contributed by atoms with Crippen LogP contribution in [-0.2, 0) is 0 Å². The highest BCUT2D eigenvalue weighted by atomic mass is 79.9. The maximum Gasteiger partial charge on any atom is 0.277 e. The topological polar surface area (TPSA) is 79.8 Å². The van der Waals surface area contributed by atoms with Crippen molar-refractivity contribution >= 4 is 44.1 Å². The molecule has 6 nitrogen and oxygen atoms in total. The van der Waals surface area contributed by atoms with Gasteiger partial charge in [-0.2, -0.15) is 0 Å². The van der Waals surface area contributed by atoms with E-state index in [4.69, 9.17) is 0 Å². The molecule has 0 aromatic carbocycles. The van der Waals surface area contributed by atoms with Crippen LogP contribution in [0.15, 0.2) is 22.1 Å². The monoisotopic (exact) mass is 327 g/mol. The number of hydrogen-bond donors (Lipinski definition) is 2. The molecule has 2 aromatic heterocycles. The van der Waals surface area contributed by atoms with Gasteiger partial charge in [0.25, 0.3) is 5.91 Å². The molecule has 2 rings (SSSR count). The molecule has 0 saturated carbocycles. The highest BCUT2D eigenvalue weighted by Gasteiger charge is 2.10. The Morgan fingerprint density at radius 1 is 1.44 bits per heavy atom. The number of amides is 1. The van der Waals surface area contributed by atoms with E-state index in [1.54, 1.807) is 18.3 Å².